The third kappa shape index (κ3) is 6.41. The Kier molecular flexibility index (Phi) is 8.04. The Morgan fingerprint density at radius 1 is 1.07 bits per heavy atom. The molecule has 0 unspecified atom stereocenters. The quantitative estimate of drug-likeness (QED) is 0.387. The molecule has 6 heteroatoms. The van der Waals surface area contributed by atoms with E-state index < -0.39 is 19.8 Å². The lowest BCUT2D eigenvalue weighted by atomic mass is 9.93. The highest BCUT2D eigenvalue weighted by Gasteiger charge is 2.41. The number of hydrogen-bond acceptors (Lipinski definition) is 5. The second-order valence-electron chi connectivity index (χ2n) is 10.1. The van der Waals surface area contributed by atoms with Crippen LogP contribution in [0.3, 0.4) is 0 Å². The Bertz CT molecular complexity index is 640. The van der Waals surface area contributed by atoms with E-state index in [4.69, 9.17) is 9.16 Å². The fourth-order valence-corrected chi connectivity index (χ4v) is 3.67. The zero-order valence-corrected chi connectivity index (χ0v) is 19.9. The minimum absolute atomic E-state index is 0.0112. The molecule has 0 heterocycles. The summed E-state index contributed by atoms with van der Waals surface area (Å²) in [6.07, 6.45) is -1.25. The predicted octanol–water partition coefficient (Wildman–Crippen LogP) is 4.69. The van der Waals surface area contributed by atoms with E-state index in [1.165, 1.54) is 0 Å². The number of aliphatic hydroxyl groups excluding tert-OH is 2. The van der Waals surface area contributed by atoms with Crippen molar-refractivity contribution in [1.29, 1.82) is 0 Å². The number of carbonyl (C=O) groups is 1. The van der Waals surface area contributed by atoms with E-state index in [2.05, 4.69) is 33.9 Å². The molecule has 0 radical (unpaired) electrons. The maximum absolute atomic E-state index is 12.1. The Morgan fingerprint density at radius 2 is 1.57 bits per heavy atom. The monoisotopic (exact) mass is 410 g/mol. The number of ether oxygens (including phenoxy) is 1. The third-order valence-corrected chi connectivity index (χ3v) is 9.99. The van der Waals surface area contributed by atoms with Crippen molar-refractivity contribution >= 4 is 14.3 Å². The molecule has 0 aliphatic rings. The van der Waals surface area contributed by atoms with Crippen LogP contribution in [-0.4, -0.2) is 37.2 Å². The van der Waals surface area contributed by atoms with Gasteiger partial charge in [-0.3, -0.25) is 4.79 Å². The van der Waals surface area contributed by atoms with Gasteiger partial charge in [-0.15, -0.1) is 0 Å². The SMILES string of the molecule is C[C@@H]([C@H](O)CO)[C@H](O[Si](C)(C)C(C)(C)C)c1ccc(OC(=O)C(C)(C)C)cc1. The van der Waals surface area contributed by atoms with Crippen molar-refractivity contribution in [2.24, 2.45) is 11.3 Å². The van der Waals surface area contributed by atoms with Gasteiger partial charge in [0.15, 0.2) is 8.32 Å². The molecule has 0 aliphatic heterocycles. The molecule has 3 atom stereocenters. The molecule has 0 saturated carbocycles. The summed E-state index contributed by atoms with van der Waals surface area (Å²) in [6.45, 7) is 17.8. The van der Waals surface area contributed by atoms with Crippen LogP contribution in [0.1, 0.15) is 60.1 Å². The first-order valence-electron chi connectivity index (χ1n) is 9.89. The molecule has 1 rings (SSSR count). The highest BCUT2D eigenvalue weighted by Crippen LogP contribution is 2.42. The van der Waals surface area contributed by atoms with Gasteiger partial charge in [0.2, 0.25) is 0 Å². The van der Waals surface area contributed by atoms with Crippen LogP contribution in [0.15, 0.2) is 24.3 Å². The second-order valence-corrected chi connectivity index (χ2v) is 14.9. The van der Waals surface area contributed by atoms with Gasteiger partial charge < -0.3 is 19.4 Å². The summed E-state index contributed by atoms with van der Waals surface area (Å²) >= 11 is 0. The lowest BCUT2D eigenvalue weighted by Crippen LogP contribution is -2.44. The van der Waals surface area contributed by atoms with Crippen LogP contribution >= 0.6 is 0 Å². The molecule has 0 saturated heterocycles. The van der Waals surface area contributed by atoms with E-state index in [0.717, 1.165) is 5.56 Å². The van der Waals surface area contributed by atoms with Crippen LogP contribution in [-0.2, 0) is 9.22 Å². The summed E-state index contributed by atoms with van der Waals surface area (Å²) in [4.78, 5) is 12.1. The van der Waals surface area contributed by atoms with Crippen LogP contribution in [0.5, 0.6) is 5.75 Å². The molecule has 0 spiro atoms. The zero-order valence-electron chi connectivity index (χ0n) is 18.9. The summed E-state index contributed by atoms with van der Waals surface area (Å²) < 4.78 is 12.0. The highest BCUT2D eigenvalue weighted by atomic mass is 28.4. The fourth-order valence-electron chi connectivity index (χ4n) is 2.33. The number of rotatable bonds is 7. The highest BCUT2D eigenvalue weighted by molar-refractivity contribution is 6.74. The van der Waals surface area contributed by atoms with Gasteiger partial charge in [-0.25, -0.2) is 0 Å². The number of esters is 1. The first kappa shape index (κ1) is 24.8. The van der Waals surface area contributed by atoms with Crippen molar-refractivity contribution < 1.29 is 24.2 Å². The molecule has 0 aliphatic carbocycles. The van der Waals surface area contributed by atoms with Crippen molar-refractivity contribution in [2.45, 2.75) is 78.8 Å². The normalized spacial score (nSPS) is 16.4. The van der Waals surface area contributed by atoms with E-state index in [1.807, 2.05) is 39.8 Å². The van der Waals surface area contributed by atoms with Crippen molar-refractivity contribution in [3.8, 4) is 5.75 Å². The molecule has 0 fully saturated rings. The van der Waals surface area contributed by atoms with E-state index in [9.17, 15) is 15.0 Å². The molecule has 0 bridgehead atoms. The van der Waals surface area contributed by atoms with Gasteiger partial charge in [0.1, 0.15) is 5.75 Å². The first-order valence-corrected chi connectivity index (χ1v) is 12.8. The summed E-state index contributed by atoms with van der Waals surface area (Å²) in [7, 11) is -2.11. The number of hydrogen-bond donors (Lipinski definition) is 2. The largest absolute Gasteiger partial charge is 0.426 e. The standard InChI is InChI=1S/C22H38O5Si/c1-15(18(24)14-23)19(27-28(8,9)22(5,6)7)16-10-12-17(13-11-16)26-20(25)21(2,3)4/h10-13,15,18-19,23-24H,14H2,1-9H3/t15-,18+,19-/m0/s1. The van der Waals surface area contributed by atoms with Crippen molar-refractivity contribution in [3.63, 3.8) is 0 Å². The Labute approximate surface area is 171 Å². The van der Waals surface area contributed by atoms with Crippen LogP contribution in [0, 0.1) is 11.3 Å². The van der Waals surface area contributed by atoms with Crippen molar-refractivity contribution in [2.75, 3.05) is 6.61 Å². The summed E-state index contributed by atoms with van der Waals surface area (Å²) in [5.41, 5.74) is 0.312. The average Bonchev–Trinajstić information content (AvgIpc) is 2.57. The summed E-state index contributed by atoms with van der Waals surface area (Å²) in [5.74, 6) is -0.106. The van der Waals surface area contributed by atoms with E-state index in [-0.39, 0.29) is 29.6 Å². The van der Waals surface area contributed by atoms with Gasteiger partial charge in [-0.1, -0.05) is 39.8 Å². The van der Waals surface area contributed by atoms with Gasteiger partial charge in [-0.2, -0.15) is 0 Å². The van der Waals surface area contributed by atoms with Gasteiger partial charge in [0.25, 0.3) is 0 Å². The van der Waals surface area contributed by atoms with Crippen molar-refractivity contribution in [3.05, 3.63) is 29.8 Å². The van der Waals surface area contributed by atoms with Crippen LogP contribution < -0.4 is 4.74 Å². The molecule has 1 aromatic carbocycles. The second kappa shape index (κ2) is 9.07. The van der Waals surface area contributed by atoms with Crippen LogP contribution in [0.25, 0.3) is 0 Å². The molecule has 1 aromatic rings. The van der Waals surface area contributed by atoms with Gasteiger partial charge in [-0.05, 0) is 56.6 Å². The van der Waals surface area contributed by atoms with Crippen LogP contribution in [0.4, 0.5) is 0 Å². The first-order chi connectivity index (χ1) is 12.6. The molecule has 160 valence electrons. The molecule has 2 N–H and O–H groups in total. The van der Waals surface area contributed by atoms with Crippen LogP contribution in [0.2, 0.25) is 18.1 Å². The number of aliphatic hydroxyl groups is 2. The molecular weight excluding hydrogens is 372 g/mol. The van der Waals surface area contributed by atoms with Gasteiger partial charge in [0.05, 0.1) is 24.2 Å². The Morgan fingerprint density at radius 3 is 1.96 bits per heavy atom. The maximum Gasteiger partial charge on any atom is 0.316 e. The Balaban J connectivity index is 3.16. The minimum atomic E-state index is -2.11. The molecule has 0 amide bonds. The summed E-state index contributed by atoms with van der Waals surface area (Å²) in [6, 6.07) is 7.23. The topological polar surface area (TPSA) is 76.0 Å². The molecule has 0 aromatic heterocycles. The van der Waals surface area contributed by atoms with E-state index in [1.54, 1.807) is 12.1 Å². The zero-order chi connectivity index (χ0) is 21.9. The third-order valence-electron chi connectivity index (χ3n) is 5.53. The maximum atomic E-state index is 12.1. The van der Waals surface area contributed by atoms with E-state index >= 15 is 0 Å². The van der Waals surface area contributed by atoms with Gasteiger partial charge in [0, 0.05) is 5.92 Å². The van der Waals surface area contributed by atoms with E-state index in [0.29, 0.717) is 5.75 Å². The summed E-state index contributed by atoms with van der Waals surface area (Å²) in [5, 5.41) is 19.7. The van der Waals surface area contributed by atoms with Gasteiger partial charge >= 0.3 is 5.97 Å². The lowest BCUT2D eigenvalue weighted by Gasteiger charge is -2.41. The van der Waals surface area contributed by atoms with Crippen molar-refractivity contribution in [1.82, 2.24) is 0 Å². The lowest BCUT2D eigenvalue weighted by molar-refractivity contribution is -0.143. The molecule has 5 nitrogen and oxygen atoms in total. The smallest absolute Gasteiger partial charge is 0.316 e. The number of benzene rings is 1. The molecular formula is C22H38O5Si. The number of carbonyl (C=O) groups excluding carboxylic acids is 1. The Hall–Kier alpha value is -1.21. The average molecular weight is 411 g/mol. The molecule has 28 heavy (non-hydrogen) atoms. The predicted molar refractivity (Wildman–Crippen MR) is 115 cm³/mol. The minimum Gasteiger partial charge on any atom is -0.426 e. The fraction of sp³-hybridized carbons (Fsp3) is 0.682.